The second kappa shape index (κ2) is 8.58. The summed E-state index contributed by atoms with van der Waals surface area (Å²) < 4.78 is 5.15. The van der Waals surface area contributed by atoms with Crippen LogP contribution in [0.2, 0.25) is 0 Å². The van der Waals surface area contributed by atoms with Gasteiger partial charge in [-0.2, -0.15) is 0 Å². The lowest BCUT2D eigenvalue weighted by molar-refractivity contribution is -0.117. The maximum Gasteiger partial charge on any atom is 0.317 e. The topological polar surface area (TPSA) is 61.9 Å². The molecule has 1 atom stereocenters. The van der Waals surface area contributed by atoms with Crippen LogP contribution in [0.3, 0.4) is 0 Å². The quantitative estimate of drug-likeness (QED) is 0.854. The number of anilines is 1. The number of urea groups is 1. The van der Waals surface area contributed by atoms with Gasteiger partial charge in [0.25, 0.3) is 0 Å². The first-order valence-electron chi connectivity index (χ1n) is 9.14. The van der Waals surface area contributed by atoms with Crippen molar-refractivity contribution < 1.29 is 14.3 Å². The highest BCUT2D eigenvalue weighted by Gasteiger charge is 2.32. The zero-order chi connectivity index (χ0) is 19.2. The second-order valence-corrected chi connectivity index (χ2v) is 6.55. The van der Waals surface area contributed by atoms with E-state index in [4.69, 9.17) is 4.74 Å². The summed E-state index contributed by atoms with van der Waals surface area (Å²) >= 11 is 0. The van der Waals surface area contributed by atoms with Crippen LogP contribution < -0.4 is 15.0 Å². The fourth-order valence-electron chi connectivity index (χ4n) is 3.21. The molecule has 0 spiro atoms. The predicted octanol–water partition coefficient (Wildman–Crippen LogP) is 3.03. The molecular weight excluding hydrogens is 342 g/mol. The zero-order valence-corrected chi connectivity index (χ0v) is 15.7. The highest BCUT2D eigenvalue weighted by molar-refractivity contribution is 5.96. The van der Waals surface area contributed by atoms with Gasteiger partial charge >= 0.3 is 6.03 Å². The first-order chi connectivity index (χ1) is 13.1. The van der Waals surface area contributed by atoms with Crippen molar-refractivity contribution in [2.75, 3.05) is 25.1 Å². The number of rotatable bonds is 6. The molecule has 142 valence electrons. The Balaban J connectivity index is 1.60. The Morgan fingerprint density at radius 2 is 1.89 bits per heavy atom. The molecule has 3 rings (SSSR count). The minimum absolute atomic E-state index is 0.0107. The summed E-state index contributed by atoms with van der Waals surface area (Å²) in [5.41, 5.74) is 1.89. The lowest BCUT2D eigenvalue weighted by Crippen LogP contribution is -2.45. The number of hydrogen-bond acceptors (Lipinski definition) is 3. The van der Waals surface area contributed by atoms with Crippen molar-refractivity contribution in [3.8, 4) is 5.75 Å². The maximum atomic E-state index is 12.6. The van der Waals surface area contributed by atoms with E-state index in [9.17, 15) is 9.59 Å². The Morgan fingerprint density at radius 3 is 2.52 bits per heavy atom. The van der Waals surface area contributed by atoms with E-state index in [2.05, 4.69) is 5.32 Å². The molecule has 1 aliphatic rings. The minimum Gasteiger partial charge on any atom is -0.497 e. The van der Waals surface area contributed by atoms with Gasteiger partial charge in [-0.1, -0.05) is 30.3 Å². The van der Waals surface area contributed by atoms with Crippen molar-refractivity contribution in [2.24, 2.45) is 0 Å². The van der Waals surface area contributed by atoms with Crippen molar-refractivity contribution >= 4 is 17.6 Å². The van der Waals surface area contributed by atoms with E-state index >= 15 is 0 Å². The number of carbonyl (C=O) groups excluding carboxylic acids is 2. The summed E-state index contributed by atoms with van der Waals surface area (Å²) in [5, 5.41) is 3.00. The van der Waals surface area contributed by atoms with Gasteiger partial charge in [-0.3, -0.25) is 4.79 Å². The lowest BCUT2D eigenvalue weighted by Gasteiger charge is -2.24. The van der Waals surface area contributed by atoms with E-state index in [1.54, 1.807) is 16.9 Å². The molecule has 0 saturated carbocycles. The average Bonchev–Trinajstić information content (AvgIpc) is 3.06. The molecule has 27 heavy (non-hydrogen) atoms. The largest absolute Gasteiger partial charge is 0.497 e. The SMILES string of the molecule is CCN(Cc1ccccc1)C(=O)N[C@H]1CC(=O)N(c2ccc(OC)cc2)C1. The number of ether oxygens (including phenoxy) is 1. The van der Waals surface area contributed by atoms with Gasteiger partial charge < -0.3 is 19.9 Å². The van der Waals surface area contributed by atoms with E-state index in [0.717, 1.165) is 17.0 Å². The molecular formula is C21H25N3O3. The number of nitrogens with zero attached hydrogens (tertiary/aromatic N) is 2. The van der Waals surface area contributed by atoms with Gasteiger partial charge in [0, 0.05) is 31.7 Å². The van der Waals surface area contributed by atoms with Crippen LogP contribution >= 0.6 is 0 Å². The van der Waals surface area contributed by atoms with Gasteiger partial charge in [0.15, 0.2) is 0 Å². The van der Waals surface area contributed by atoms with Crippen LogP contribution in [0, 0.1) is 0 Å². The molecule has 0 unspecified atom stereocenters. The summed E-state index contributed by atoms with van der Waals surface area (Å²) in [6.07, 6.45) is 0.306. The van der Waals surface area contributed by atoms with Crippen LogP contribution in [0.1, 0.15) is 18.9 Å². The standard InChI is InChI=1S/C21H25N3O3/c1-3-23(14-16-7-5-4-6-8-16)21(26)22-17-13-20(25)24(15-17)18-9-11-19(27-2)12-10-18/h4-12,17H,3,13-15H2,1-2H3,(H,22,26)/t17-/m0/s1. The van der Waals surface area contributed by atoms with Gasteiger partial charge in [-0.05, 0) is 36.8 Å². The van der Waals surface area contributed by atoms with Crippen molar-refractivity contribution in [1.29, 1.82) is 0 Å². The maximum absolute atomic E-state index is 12.6. The van der Waals surface area contributed by atoms with E-state index in [-0.39, 0.29) is 18.0 Å². The smallest absolute Gasteiger partial charge is 0.317 e. The molecule has 1 N–H and O–H groups in total. The van der Waals surface area contributed by atoms with Crippen LogP contribution in [0.4, 0.5) is 10.5 Å². The molecule has 3 amide bonds. The Morgan fingerprint density at radius 1 is 1.19 bits per heavy atom. The summed E-state index contributed by atoms with van der Waals surface area (Å²) in [5.74, 6) is 0.756. The third kappa shape index (κ3) is 4.58. The molecule has 1 heterocycles. The molecule has 0 bridgehead atoms. The fraction of sp³-hybridized carbons (Fsp3) is 0.333. The van der Waals surface area contributed by atoms with Gasteiger partial charge in [0.2, 0.25) is 5.91 Å². The Labute approximate surface area is 159 Å². The normalized spacial score (nSPS) is 16.3. The average molecular weight is 367 g/mol. The van der Waals surface area contributed by atoms with E-state index in [1.165, 1.54) is 0 Å². The molecule has 0 aromatic heterocycles. The fourth-order valence-corrected chi connectivity index (χ4v) is 3.21. The number of amides is 3. The van der Waals surface area contributed by atoms with Gasteiger partial charge in [-0.15, -0.1) is 0 Å². The third-order valence-electron chi connectivity index (χ3n) is 4.72. The van der Waals surface area contributed by atoms with Gasteiger partial charge in [0.05, 0.1) is 13.2 Å². The van der Waals surface area contributed by atoms with Crippen LogP contribution in [0.15, 0.2) is 54.6 Å². The Hall–Kier alpha value is -3.02. The van der Waals surface area contributed by atoms with E-state index in [1.807, 2.05) is 61.5 Å². The Kier molecular flexibility index (Phi) is 5.96. The number of hydrogen-bond donors (Lipinski definition) is 1. The van der Waals surface area contributed by atoms with Crippen molar-refractivity contribution in [2.45, 2.75) is 25.9 Å². The van der Waals surface area contributed by atoms with Crippen LogP contribution in [0.25, 0.3) is 0 Å². The molecule has 2 aromatic rings. The monoisotopic (exact) mass is 367 g/mol. The molecule has 1 fully saturated rings. The molecule has 1 aliphatic heterocycles. The summed E-state index contributed by atoms with van der Waals surface area (Å²) in [4.78, 5) is 28.5. The third-order valence-corrected chi connectivity index (χ3v) is 4.72. The van der Waals surface area contributed by atoms with Crippen molar-refractivity contribution in [3.05, 3.63) is 60.2 Å². The highest BCUT2D eigenvalue weighted by Crippen LogP contribution is 2.24. The summed E-state index contributed by atoms with van der Waals surface area (Å²) in [6.45, 7) is 3.57. The van der Waals surface area contributed by atoms with E-state index < -0.39 is 0 Å². The number of methoxy groups -OCH3 is 1. The van der Waals surface area contributed by atoms with Crippen molar-refractivity contribution in [3.63, 3.8) is 0 Å². The zero-order valence-electron chi connectivity index (χ0n) is 15.7. The highest BCUT2D eigenvalue weighted by atomic mass is 16.5. The van der Waals surface area contributed by atoms with Crippen LogP contribution in [-0.4, -0.2) is 43.1 Å². The van der Waals surface area contributed by atoms with Gasteiger partial charge in [0.1, 0.15) is 5.75 Å². The Bertz CT molecular complexity index is 777. The van der Waals surface area contributed by atoms with E-state index in [0.29, 0.717) is 26.1 Å². The van der Waals surface area contributed by atoms with Gasteiger partial charge in [-0.25, -0.2) is 4.79 Å². The molecule has 6 heteroatoms. The molecule has 0 radical (unpaired) electrons. The summed E-state index contributed by atoms with van der Waals surface area (Å²) in [6, 6.07) is 16.9. The molecule has 2 aromatic carbocycles. The first kappa shape index (κ1) is 18.8. The predicted molar refractivity (Wildman–Crippen MR) is 105 cm³/mol. The summed E-state index contributed by atoms with van der Waals surface area (Å²) in [7, 11) is 1.61. The molecule has 6 nitrogen and oxygen atoms in total. The number of carbonyl (C=O) groups is 2. The van der Waals surface area contributed by atoms with Crippen molar-refractivity contribution in [1.82, 2.24) is 10.2 Å². The molecule has 0 aliphatic carbocycles. The minimum atomic E-state index is -0.197. The second-order valence-electron chi connectivity index (χ2n) is 6.55. The first-order valence-corrected chi connectivity index (χ1v) is 9.14. The number of benzene rings is 2. The lowest BCUT2D eigenvalue weighted by atomic mass is 10.2. The van der Waals surface area contributed by atoms with Crippen LogP contribution in [-0.2, 0) is 11.3 Å². The molecule has 1 saturated heterocycles. The number of nitrogens with one attached hydrogen (secondary N) is 1. The van der Waals surface area contributed by atoms with Crippen LogP contribution in [0.5, 0.6) is 5.75 Å².